The summed E-state index contributed by atoms with van der Waals surface area (Å²) >= 11 is 0. The fourth-order valence-corrected chi connectivity index (χ4v) is 3.72. The van der Waals surface area contributed by atoms with E-state index in [1.165, 1.54) is 18.3 Å². The maximum absolute atomic E-state index is 14.2. The molecule has 160 valence electrons. The minimum Gasteiger partial charge on any atom is -0.475 e. The molecule has 1 atom stereocenters. The van der Waals surface area contributed by atoms with Crippen LogP contribution in [0.1, 0.15) is 47.2 Å². The van der Waals surface area contributed by atoms with Gasteiger partial charge in [-0.15, -0.1) is 0 Å². The SMILES string of the molecule is CCOc1nc(-c2cc(F)ccc2C2Cc3nc(N)nc(CC)c3C(=O)N2)cnc1N. The lowest BCUT2D eigenvalue weighted by Gasteiger charge is -2.28. The third-order valence-corrected chi connectivity index (χ3v) is 5.06. The van der Waals surface area contributed by atoms with E-state index < -0.39 is 11.9 Å². The molecule has 31 heavy (non-hydrogen) atoms. The molecule has 0 saturated carbocycles. The van der Waals surface area contributed by atoms with Crippen molar-refractivity contribution in [3.8, 4) is 17.1 Å². The van der Waals surface area contributed by atoms with Gasteiger partial charge in [0.2, 0.25) is 5.95 Å². The molecule has 0 aliphatic carbocycles. The molecule has 1 unspecified atom stereocenters. The molecule has 1 amide bonds. The highest BCUT2D eigenvalue weighted by Gasteiger charge is 2.31. The van der Waals surface area contributed by atoms with Crippen LogP contribution in [0.2, 0.25) is 0 Å². The fraction of sp³-hybridized carbons (Fsp3) is 0.286. The van der Waals surface area contributed by atoms with Crippen LogP contribution in [0.15, 0.2) is 24.4 Å². The largest absolute Gasteiger partial charge is 0.475 e. The van der Waals surface area contributed by atoms with E-state index in [0.29, 0.717) is 53.2 Å². The first-order valence-corrected chi connectivity index (χ1v) is 9.92. The highest BCUT2D eigenvalue weighted by molar-refractivity contribution is 5.98. The molecular weight excluding hydrogens is 401 g/mol. The van der Waals surface area contributed by atoms with Gasteiger partial charge in [-0.25, -0.2) is 24.3 Å². The smallest absolute Gasteiger partial charge is 0.257 e. The summed E-state index contributed by atoms with van der Waals surface area (Å²) < 4.78 is 19.6. The number of aryl methyl sites for hydroxylation is 1. The number of anilines is 2. The van der Waals surface area contributed by atoms with Gasteiger partial charge in [-0.1, -0.05) is 13.0 Å². The van der Waals surface area contributed by atoms with Gasteiger partial charge in [0.15, 0.2) is 5.82 Å². The molecule has 0 bridgehead atoms. The van der Waals surface area contributed by atoms with Gasteiger partial charge in [0.25, 0.3) is 11.8 Å². The van der Waals surface area contributed by atoms with Crippen molar-refractivity contribution in [3.05, 3.63) is 52.7 Å². The number of carbonyl (C=O) groups excluding carboxylic acids is 1. The van der Waals surface area contributed by atoms with Gasteiger partial charge in [0.05, 0.1) is 41.5 Å². The van der Waals surface area contributed by atoms with E-state index in [4.69, 9.17) is 16.2 Å². The first kappa shape index (κ1) is 20.5. The van der Waals surface area contributed by atoms with Crippen molar-refractivity contribution >= 4 is 17.7 Å². The quantitative estimate of drug-likeness (QED) is 0.567. The van der Waals surface area contributed by atoms with Crippen LogP contribution < -0.4 is 21.5 Å². The van der Waals surface area contributed by atoms with Crippen molar-refractivity contribution in [1.82, 2.24) is 25.3 Å². The van der Waals surface area contributed by atoms with Gasteiger partial charge in [-0.3, -0.25) is 4.79 Å². The van der Waals surface area contributed by atoms with Crippen molar-refractivity contribution in [3.63, 3.8) is 0 Å². The Morgan fingerprint density at radius 2 is 2.03 bits per heavy atom. The Morgan fingerprint density at radius 1 is 1.23 bits per heavy atom. The minimum absolute atomic E-state index is 0.120. The molecule has 3 heterocycles. The molecule has 0 radical (unpaired) electrons. The number of carbonyl (C=O) groups is 1. The van der Waals surface area contributed by atoms with Crippen LogP contribution in [0, 0.1) is 5.82 Å². The van der Waals surface area contributed by atoms with Gasteiger partial charge in [0.1, 0.15) is 5.82 Å². The third-order valence-electron chi connectivity index (χ3n) is 5.06. The summed E-state index contributed by atoms with van der Waals surface area (Å²) in [6.45, 7) is 4.05. The highest BCUT2D eigenvalue weighted by atomic mass is 19.1. The molecule has 2 aromatic heterocycles. The van der Waals surface area contributed by atoms with Crippen LogP contribution >= 0.6 is 0 Å². The topological polar surface area (TPSA) is 142 Å². The lowest BCUT2D eigenvalue weighted by Crippen LogP contribution is -2.37. The summed E-state index contributed by atoms with van der Waals surface area (Å²) in [5.41, 5.74) is 14.8. The Balaban J connectivity index is 1.80. The lowest BCUT2D eigenvalue weighted by molar-refractivity contribution is 0.0922. The Morgan fingerprint density at radius 3 is 2.77 bits per heavy atom. The van der Waals surface area contributed by atoms with E-state index in [0.717, 1.165) is 0 Å². The average molecular weight is 423 g/mol. The van der Waals surface area contributed by atoms with Gasteiger partial charge in [-0.05, 0) is 31.0 Å². The summed E-state index contributed by atoms with van der Waals surface area (Å²) in [5.74, 6) is -0.312. The van der Waals surface area contributed by atoms with E-state index in [-0.39, 0.29) is 23.6 Å². The predicted molar refractivity (Wildman–Crippen MR) is 113 cm³/mol. The number of nitrogen functional groups attached to an aromatic ring is 2. The summed E-state index contributed by atoms with van der Waals surface area (Å²) in [5, 5.41) is 2.98. The first-order chi connectivity index (χ1) is 14.9. The molecule has 3 aromatic rings. The zero-order valence-electron chi connectivity index (χ0n) is 17.1. The van der Waals surface area contributed by atoms with Crippen LogP contribution in [0.3, 0.4) is 0 Å². The van der Waals surface area contributed by atoms with Crippen molar-refractivity contribution in [1.29, 1.82) is 0 Å². The number of nitrogens with zero attached hydrogens (tertiary/aromatic N) is 4. The van der Waals surface area contributed by atoms with Crippen molar-refractivity contribution < 1.29 is 13.9 Å². The maximum atomic E-state index is 14.2. The number of nitrogens with one attached hydrogen (secondary N) is 1. The number of amides is 1. The maximum Gasteiger partial charge on any atom is 0.257 e. The number of aromatic nitrogens is 4. The molecule has 9 nitrogen and oxygen atoms in total. The Kier molecular flexibility index (Phi) is 5.37. The zero-order valence-corrected chi connectivity index (χ0v) is 17.1. The van der Waals surface area contributed by atoms with Crippen molar-refractivity contribution in [2.45, 2.75) is 32.7 Å². The van der Waals surface area contributed by atoms with Crippen LogP contribution in [-0.2, 0) is 12.8 Å². The zero-order chi connectivity index (χ0) is 22.1. The lowest BCUT2D eigenvalue weighted by atomic mass is 9.90. The van der Waals surface area contributed by atoms with Gasteiger partial charge >= 0.3 is 0 Å². The minimum atomic E-state index is -0.468. The second-order valence-electron chi connectivity index (χ2n) is 7.04. The van der Waals surface area contributed by atoms with Crippen molar-refractivity contribution in [2.75, 3.05) is 18.1 Å². The summed E-state index contributed by atoms with van der Waals surface area (Å²) in [4.78, 5) is 29.9. The number of fused-ring (bicyclic) bond motifs is 1. The number of rotatable bonds is 5. The van der Waals surface area contributed by atoms with Gasteiger partial charge in [0, 0.05) is 12.0 Å². The molecule has 0 spiro atoms. The van der Waals surface area contributed by atoms with E-state index in [1.54, 1.807) is 13.0 Å². The van der Waals surface area contributed by atoms with E-state index in [9.17, 15) is 9.18 Å². The Labute approximate surface area is 178 Å². The van der Waals surface area contributed by atoms with E-state index in [2.05, 4.69) is 25.3 Å². The number of hydrogen-bond donors (Lipinski definition) is 3. The van der Waals surface area contributed by atoms with Gasteiger partial charge in [-0.2, -0.15) is 0 Å². The van der Waals surface area contributed by atoms with Gasteiger partial charge < -0.3 is 21.5 Å². The molecule has 1 aliphatic heterocycles. The fourth-order valence-electron chi connectivity index (χ4n) is 3.72. The molecule has 1 aliphatic rings. The number of benzene rings is 1. The Bertz CT molecular complexity index is 1170. The third kappa shape index (κ3) is 3.83. The van der Waals surface area contributed by atoms with Crippen LogP contribution in [-0.4, -0.2) is 32.4 Å². The standard InChI is InChI=1S/C21H22FN7O2/c1-3-13-17-15(29-21(24)28-13)8-14(26-19(17)30)11-6-5-10(22)7-12(11)16-9-25-18(23)20(27-16)31-4-2/h5-7,9,14H,3-4,8H2,1-2H3,(H2,23,25)(H,26,30)(H2,24,28,29). The first-order valence-electron chi connectivity index (χ1n) is 9.92. The van der Waals surface area contributed by atoms with Crippen LogP contribution in [0.25, 0.3) is 11.3 Å². The number of halogens is 1. The summed E-state index contributed by atoms with van der Waals surface area (Å²) in [6.07, 6.45) is 2.38. The van der Waals surface area contributed by atoms with E-state index >= 15 is 0 Å². The second kappa shape index (κ2) is 8.13. The van der Waals surface area contributed by atoms with E-state index in [1.807, 2.05) is 6.92 Å². The molecule has 10 heteroatoms. The molecule has 0 saturated heterocycles. The van der Waals surface area contributed by atoms with Crippen LogP contribution in [0.4, 0.5) is 16.2 Å². The highest BCUT2D eigenvalue weighted by Crippen LogP contribution is 2.34. The Hall–Kier alpha value is -3.82. The number of nitrogens with two attached hydrogens (primary N) is 2. The molecule has 0 fully saturated rings. The molecule has 5 N–H and O–H groups in total. The number of hydrogen-bond acceptors (Lipinski definition) is 8. The van der Waals surface area contributed by atoms with Crippen molar-refractivity contribution in [2.24, 2.45) is 0 Å². The monoisotopic (exact) mass is 423 g/mol. The average Bonchev–Trinajstić information content (AvgIpc) is 2.74. The molecular formula is C21H22FN7O2. The summed E-state index contributed by atoms with van der Waals surface area (Å²) in [7, 11) is 0. The second-order valence-corrected chi connectivity index (χ2v) is 7.04. The normalized spacial score (nSPS) is 15.3. The molecule has 4 rings (SSSR count). The van der Waals surface area contributed by atoms with Crippen LogP contribution in [0.5, 0.6) is 5.88 Å². The number of ether oxygens (including phenoxy) is 1. The predicted octanol–water partition coefficient (Wildman–Crippen LogP) is 2.23. The summed E-state index contributed by atoms with van der Waals surface area (Å²) in [6, 6.07) is 3.83. The molecule has 1 aromatic carbocycles.